The second-order valence-electron chi connectivity index (χ2n) is 5.15. The quantitative estimate of drug-likeness (QED) is 0.741. The molecule has 6 nitrogen and oxygen atoms in total. The van der Waals surface area contributed by atoms with Crippen LogP contribution in [0.15, 0.2) is 47.5 Å². The maximum atomic E-state index is 12.8. The molecule has 134 valence electrons. The van der Waals surface area contributed by atoms with E-state index in [4.69, 9.17) is 11.6 Å². The molecule has 2 aromatic rings. The minimum atomic E-state index is -3.85. The van der Waals surface area contributed by atoms with Gasteiger partial charge in [0.1, 0.15) is 15.9 Å². The van der Waals surface area contributed by atoms with Crippen LogP contribution >= 0.6 is 11.6 Å². The van der Waals surface area contributed by atoms with Gasteiger partial charge in [-0.3, -0.25) is 4.79 Å². The van der Waals surface area contributed by atoms with E-state index in [1.807, 2.05) is 0 Å². The van der Waals surface area contributed by atoms with E-state index >= 15 is 0 Å². The number of nitrogens with zero attached hydrogens (tertiary/aromatic N) is 2. The third-order valence-corrected chi connectivity index (χ3v) is 5.54. The number of hydrogen-bond donors (Lipinski definition) is 1. The first-order valence-electron chi connectivity index (χ1n) is 7.45. The highest BCUT2D eigenvalue weighted by atomic mass is 35.5. The van der Waals surface area contributed by atoms with Gasteiger partial charge in [0.15, 0.2) is 0 Å². The second-order valence-corrected chi connectivity index (χ2v) is 7.48. The fraction of sp³-hybridized carbons (Fsp3) is 0.250. The van der Waals surface area contributed by atoms with E-state index in [0.29, 0.717) is 5.56 Å². The van der Waals surface area contributed by atoms with Gasteiger partial charge in [0.25, 0.3) is 0 Å². The van der Waals surface area contributed by atoms with Crippen LogP contribution in [0.25, 0.3) is 0 Å². The summed E-state index contributed by atoms with van der Waals surface area (Å²) in [4.78, 5) is 15.8. The van der Waals surface area contributed by atoms with E-state index in [-0.39, 0.29) is 35.5 Å². The van der Waals surface area contributed by atoms with Crippen molar-refractivity contribution in [1.29, 1.82) is 0 Å². The van der Waals surface area contributed by atoms with Gasteiger partial charge in [-0.2, -0.15) is 4.31 Å². The van der Waals surface area contributed by atoms with Crippen LogP contribution in [-0.2, 0) is 21.4 Å². The van der Waals surface area contributed by atoms with E-state index < -0.39 is 15.9 Å². The highest BCUT2D eigenvalue weighted by molar-refractivity contribution is 7.89. The highest BCUT2D eigenvalue weighted by Gasteiger charge is 2.25. The molecule has 25 heavy (non-hydrogen) atoms. The summed E-state index contributed by atoms with van der Waals surface area (Å²) in [5, 5.41) is 2.79. The van der Waals surface area contributed by atoms with Gasteiger partial charge < -0.3 is 5.32 Å². The van der Waals surface area contributed by atoms with Crippen LogP contribution in [0.4, 0.5) is 4.39 Å². The Balaban J connectivity index is 2.01. The number of hydrogen-bond acceptors (Lipinski definition) is 4. The Morgan fingerprint density at radius 2 is 1.92 bits per heavy atom. The maximum Gasteiger partial charge on any atom is 0.245 e. The van der Waals surface area contributed by atoms with Crippen LogP contribution in [0.2, 0.25) is 5.15 Å². The highest BCUT2D eigenvalue weighted by Crippen LogP contribution is 2.16. The van der Waals surface area contributed by atoms with Crippen LogP contribution in [0.5, 0.6) is 0 Å². The lowest BCUT2D eigenvalue weighted by atomic mass is 10.2. The monoisotopic (exact) mass is 385 g/mol. The Morgan fingerprint density at radius 1 is 1.24 bits per heavy atom. The third-order valence-electron chi connectivity index (χ3n) is 3.41. The standard InChI is InChI=1S/C16H17ClFN3O3S/c1-2-21(25(23,24)14-7-8-15(17)19-10-14)11-16(22)20-9-12-3-5-13(18)6-4-12/h3-8,10H,2,9,11H2,1H3,(H,20,22). The summed E-state index contributed by atoms with van der Waals surface area (Å²) in [5.41, 5.74) is 0.711. The molecule has 0 radical (unpaired) electrons. The number of likely N-dealkylation sites (N-methyl/N-ethyl adjacent to an activating group) is 1. The molecule has 0 atom stereocenters. The van der Waals surface area contributed by atoms with Gasteiger partial charge >= 0.3 is 0 Å². The molecule has 0 saturated heterocycles. The number of pyridine rings is 1. The molecule has 9 heteroatoms. The summed E-state index contributed by atoms with van der Waals surface area (Å²) < 4.78 is 39.0. The van der Waals surface area contributed by atoms with E-state index in [0.717, 1.165) is 10.5 Å². The zero-order valence-corrected chi connectivity index (χ0v) is 15.0. The van der Waals surface area contributed by atoms with Crippen molar-refractivity contribution in [2.24, 2.45) is 0 Å². The summed E-state index contributed by atoms with van der Waals surface area (Å²) in [6.45, 7) is 1.60. The molecule has 0 aliphatic carbocycles. The number of carbonyl (C=O) groups is 1. The Hall–Kier alpha value is -2.03. The molecular formula is C16H17ClFN3O3S. The van der Waals surface area contributed by atoms with Gasteiger partial charge in [0.2, 0.25) is 15.9 Å². The Labute approximate surface area is 150 Å². The summed E-state index contributed by atoms with van der Waals surface area (Å²) in [7, 11) is -3.85. The van der Waals surface area contributed by atoms with E-state index in [1.54, 1.807) is 19.1 Å². The lowest BCUT2D eigenvalue weighted by molar-refractivity contribution is -0.121. The van der Waals surface area contributed by atoms with Crippen LogP contribution in [0.3, 0.4) is 0 Å². The van der Waals surface area contributed by atoms with Crippen LogP contribution in [0.1, 0.15) is 12.5 Å². The molecule has 1 N–H and O–H groups in total. The Kier molecular flexibility index (Phi) is 6.46. The molecule has 1 aromatic carbocycles. The molecule has 1 heterocycles. The third kappa shape index (κ3) is 5.22. The zero-order chi connectivity index (χ0) is 18.4. The number of benzene rings is 1. The molecular weight excluding hydrogens is 369 g/mol. The van der Waals surface area contributed by atoms with E-state index in [9.17, 15) is 17.6 Å². The molecule has 0 bridgehead atoms. The molecule has 0 fully saturated rings. The largest absolute Gasteiger partial charge is 0.351 e. The Morgan fingerprint density at radius 3 is 2.48 bits per heavy atom. The van der Waals surface area contributed by atoms with Gasteiger partial charge in [0.05, 0.1) is 6.54 Å². The number of aromatic nitrogens is 1. The van der Waals surface area contributed by atoms with Crippen molar-refractivity contribution in [1.82, 2.24) is 14.6 Å². The van der Waals surface area contributed by atoms with Crippen molar-refractivity contribution in [3.8, 4) is 0 Å². The van der Waals surface area contributed by atoms with Crippen molar-refractivity contribution in [2.75, 3.05) is 13.1 Å². The molecule has 2 rings (SSSR count). The molecule has 0 saturated carbocycles. The smallest absolute Gasteiger partial charge is 0.245 e. The number of nitrogens with one attached hydrogen (secondary N) is 1. The van der Waals surface area contributed by atoms with E-state index in [1.165, 1.54) is 24.3 Å². The first-order chi connectivity index (χ1) is 11.8. The van der Waals surface area contributed by atoms with Crippen molar-refractivity contribution in [3.63, 3.8) is 0 Å². The van der Waals surface area contributed by atoms with Crippen molar-refractivity contribution in [2.45, 2.75) is 18.4 Å². The average Bonchev–Trinajstić information content (AvgIpc) is 2.59. The number of rotatable bonds is 7. The molecule has 1 amide bonds. The number of sulfonamides is 1. The SMILES string of the molecule is CCN(CC(=O)NCc1ccc(F)cc1)S(=O)(=O)c1ccc(Cl)nc1. The van der Waals surface area contributed by atoms with Gasteiger partial charge in [-0.15, -0.1) is 0 Å². The predicted octanol–water partition coefficient (Wildman–Crippen LogP) is 2.20. The van der Waals surface area contributed by atoms with Crippen LogP contribution in [0, 0.1) is 5.82 Å². The molecule has 0 aliphatic heterocycles. The van der Waals surface area contributed by atoms with Crippen molar-refractivity contribution >= 4 is 27.5 Å². The first kappa shape index (κ1) is 19.3. The predicted molar refractivity (Wildman–Crippen MR) is 91.9 cm³/mol. The van der Waals surface area contributed by atoms with E-state index in [2.05, 4.69) is 10.3 Å². The lowest BCUT2D eigenvalue weighted by Crippen LogP contribution is -2.40. The summed E-state index contributed by atoms with van der Waals surface area (Å²) in [6.07, 6.45) is 1.15. The molecule has 0 spiro atoms. The topological polar surface area (TPSA) is 79.4 Å². The van der Waals surface area contributed by atoms with Gasteiger partial charge in [-0.1, -0.05) is 30.7 Å². The zero-order valence-electron chi connectivity index (χ0n) is 13.4. The van der Waals surface area contributed by atoms with Gasteiger partial charge in [0, 0.05) is 19.3 Å². The number of carbonyl (C=O) groups excluding carboxylic acids is 1. The fourth-order valence-electron chi connectivity index (χ4n) is 2.05. The van der Waals surface area contributed by atoms with Crippen molar-refractivity contribution in [3.05, 3.63) is 59.1 Å². The number of halogens is 2. The van der Waals surface area contributed by atoms with Crippen LogP contribution < -0.4 is 5.32 Å². The summed E-state index contributed by atoms with van der Waals surface area (Å²) >= 11 is 5.66. The fourth-order valence-corrected chi connectivity index (χ4v) is 3.51. The van der Waals surface area contributed by atoms with Crippen LogP contribution in [-0.4, -0.2) is 36.7 Å². The number of amides is 1. The Bertz CT molecular complexity index is 827. The maximum absolute atomic E-state index is 12.8. The van der Waals surface area contributed by atoms with Crippen molar-refractivity contribution < 1.29 is 17.6 Å². The summed E-state index contributed by atoms with van der Waals surface area (Å²) in [5.74, 6) is -0.827. The minimum absolute atomic E-state index is 0.0370. The molecule has 0 aliphatic rings. The average molecular weight is 386 g/mol. The van der Waals surface area contributed by atoms with Gasteiger partial charge in [-0.25, -0.2) is 17.8 Å². The summed E-state index contributed by atoms with van der Waals surface area (Å²) in [6, 6.07) is 8.38. The minimum Gasteiger partial charge on any atom is -0.351 e. The normalized spacial score (nSPS) is 11.5. The molecule has 0 unspecified atom stereocenters. The van der Waals surface area contributed by atoms with Gasteiger partial charge in [-0.05, 0) is 29.8 Å². The first-order valence-corrected chi connectivity index (χ1v) is 9.27. The second kappa shape index (κ2) is 8.37. The molecule has 1 aromatic heterocycles. The lowest BCUT2D eigenvalue weighted by Gasteiger charge is -2.20.